The zero-order valence-corrected chi connectivity index (χ0v) is 13.9. The molecule has 2 aromatic rings. The highest BCUT2D eigenvalue weighted by molar-refractivity contribution is 6.04. The van der Waals surface area contributed by atoms with Crippen molar-refractivity contribution in [1.82, 2.24) is 10.3 Å². The summed E-state index contributed by atoms with van der Waals surface area (Å²) in [6.45, 7) is 3.35. The van der Waals surface area contributed by atoms with Crippen LogP contribution in [0.3, 0.4) is 0 Å². The molecule has 0 saturated carbocycles. The van der Waals surface area contributed by atoms with E-state index in [1.807, 2.05) is 13.0 Å². The van der Waals surface area contributed by atoms with Crippen LogP contribution in [-0.4, -0.2) is 36.7 Å². The van der Waals surface area contributed by atoms with Gasteiger partial charge in [0.25, 0.3) is 11.9 Å². The molecule has 0 spiro atoms. The summed E-state index contributed by atoms with van der Waals surface area (Å²) in [6, 6.07) is 9.11. The molecule has 0 saturated heterocycles. The molecule has 1 N–H and O–H groups in total. The molecular formula is C18H20FN3O3. The van der Waals surface area contributed by atoms with Crippen LogP contribution in [0.1, 0.15) is 22.8 Å². The summed E-state index contributed by atoms with van der Waals surface area (Å²) >= 11 is 0. The smallest absolute Gasteiger partial charge is 0.292 e. The summed E-state index contributed by atoms with van der Waals surface area (Å²) < 4.78 is 23.9. The number of aliphatic imine (C=N–C) groups is 1. The SMILES string of the molecule is CCOCCOC(=NCc1cccnc1)NC(=O)c1cccc(F)c1. The van der Waals surface area contributed by atoms with Gasteiger partial charge in [-0.2, -0.15) is 0 Å². The number of ether oxygens (including phenoxy) is 2. The van der Waals surface area contributed by atoms with E-state index in [1.54, 1.807) is 18.5 Å². The number of pyridine rings is 1. The molecule has 7 heteroatoms. The lowest BCUT2D eigenvalue weighted by atomic mass is 10.2. The van der Waals surface area contributed by atoms with Crippen molar-refractivity contribution >= 4 is 11.9 Å². The third-order valence-electron chi connectivity index (χ3n) is 3.11. The Balaban J connectivity index is 2.03. The first kappa shape index (κ1) is 18.5. The van der Waals surface area contributed by atoms with E-state index in [4.69, 9.17) is 9.47 Å². The van der Waals surface area contributed by atoms with Crippen molar-refractivity contribution in [3.8, 4) is 0 Å². The first-order valence-electron chi connectivity index (χ1n) is 7.90. The van der Waals surface area contributed by atoms with Crippen molar-refractivity contribution in [2.75, 3.05) is 19.8 Å². The minimum absolute atomic E-state index is 0.0535. The van der Waals surface area contributed by atoms with Gasteiger partial charge in [-0.1, -0.05) is 12.1 Å². The number of hydrogen-bond acceptors (Lipinski definition) is 5. The first-order valence-corrected chi connectivity index (χ1v) is 7.90. The van der Waals surface area contributed by atoms with Gasteiger partial charge in [0.15, 0.2) is 0 Å². The van der Waals surface area contributed by atoms with E-state index >= 15 is 0 Å². The predicted molar refractivity (Wildman–Crippen MR) is 91.7 cm³/mol. The number of hydrogen-bond donors (Lipinski definition) is 1. The Kier molecular flexibility index (Phi) is 7.52. The third-order valence-corrected chi connectivity index (χ3v) is 3.11. The van der Waals surface area contributed by atoms with Crippen molar-refractivity contribution in [2.24, 2.45) is 4.99 Å². The number of carbonyl (C=O) groups excluding carboxylic acids is 1. The fraction of sp³-hybridized carbons (Fsp3) is 0.278. The number of benzene rings is 1. The number of nitrogens with zero attached hydrogens (tertiary/aromatic N) is 2. The minimum atomic E-state index is -0.499. The summed E-state index contributed by atoms with van der Waals surface area (Å²) in [4.78, 5) is 20.5. The molecule has 1 aromatic heterocycles. The van der Waals surface area contributed by atoms with Crippen molar-refractivity contribution in [3.05, 3.63) is 65.7 Å². The van der Waals surface area contributed by atoms with Crippen LogP contribution in [-0.2, 0) is 16.0 Å². The molecule has 132 valence electrons. The van der Waals surface area contributed by atoms with E-state index in [2.05, 4.69) is 15.3 Å². The summed E-state index contributed by atoms with van der Waals surface area (Å²) in [5, 5.41) is 2.55. The second-order valence-corrected chi connectivity index (χ2v) is 4.99. The highest BCUT2D eigenvalue weighted by atomic mass is 19.1. The van der Waals surface area contributed by atoms with Gasteiger partial charge in [-0.3, -0.25) is 15.1 Å². The molecule has 0 aliphatic carbocycles. The molecule has 1 aromatic carbocycles. The van der Waals surface area contributed by atoms with E-state index < -0.39 is 11.7 Å². The average Bonchev–Trinajstić information content (AvgIpc) is 2.63. The maximum absolute atomic E-state index is 13.3. The summed E-state index contributed by atoms with van der Waals surface area (Å²) in [6.07, 6.45) is 3.34. The second kappa shape index (κ2) is 10.1. The highest BCUT2D eigenvalue weighted by Crippen LogP contribution is 2.04. The average molecular weight is 345 g/mol. The predicted octanol–water partition coefficient (Wildman–Crippen LogP) is 2.56. The number of nitrogens with one attached hydrogen (secondary N) is 1. The molecule has 0 aliphatic heterocycles. The van der Waals surface area contributed by atoms with Crippen molar-refractivity contribution in [2.45, 2.75) is 13.5 Å². The molecule has 0 bridgehead atoms. The lowest BCUT2D eigenvalue weighted by molar-refractivity contribution is 0.0921. The molecule has 0 fully saturated rings. The Bertz CT molecular complexity index is 708. The van der Waals surface area contributed by atoms with Crippen LogP contribution >= 0.6 is 0 Å². The fourth-order valence-electron chi connectivity index (χ4n) is 1.92. The summed E-state index contributed by atoms with van der Waals surface area (Å²) in [5.41, 5.74) is 1.05. The molecule has 1 amide bonds. The monoisotopic (exact) mass is 345 g/mol. The van der Waals surface area contributed by atoms with E-state index in [9.17, 15) is 9.18 Å². The van der Waals surface area contributed by atoms with E-state index in [0.29, 0.717) is 19.8 Å². The Hall–Kier alpha value is -2.80. The number of rotatable bonds is 7. The largest absolute Gasteiger partial charge is 0.463 e. The minimum Gasteiger partial charge on any atom is -0.463 e. The van der Waals surface area contributed by atoms with E-state index in [0.717, 1.165) is 11.6 Å². The second-order valence-electron chi connectivity index (χ2n) is 4.99. The number of aromatic nitrogens is 1. The van der Waals surface area contributed by atoms with Gasteiger partial charge in [0.2, 0.25) is 0 Å². The molecule has 6 nitrogen and oxygen atoms in total. The Labute approximate surface area is 145 Å². The standard InChI is InChI=1S/C18H20FN3O3/c1-2-24-9-10-25-18(21-13-14-5-4-8-20-12-14)22-17(23)15-6-3-7-16(19)11-15/h3-8,11-12H,2,9-10,13H2,1H3,(H,21,22,23). The van der Waals surface area contributed by atoms with Crippen LogP contribution in [0.4, 0.5) is 4.39 Å². The van der Waals surface area contributed by atoms with Crippen LogP contribution in [0, 0.1) is 5.82 Å². The van der Waals surface area contributed by atoms with Crippen LogP contribution in [0.15, 0.2) is 53.8 Å². The van der Waals surface area contributed by atoms with Gasteiger partial charge >= 0.3 is 0 Å². The van der Waals surface area contributed by atoms with Crippen LogP contribution in [0.25, 0.3) is 0 Å². The highest BCUT2D eigenvalue weighted by Gasteiger charge is 2.11. The van der Waals surface area contributed by atoms with Crippen LogP contribution in [0.2, 0.25) is 0 Å². The molecule has 0 aliphatic rings. The van der Waals surface area contributed by atoms with Gasteiger partial charge in [-0.05, 0) is 36.8 Å². The molecule has 1 heterocycles. The molecule has 0 unspecified atom stereocenters. The van der Waals surface area contributed by atoms with E-state index in [-0.39, 0.29) is 18.2 Å². The molecule has 0 atom stereocenters. The zero-order chi connectivity index (χ0) is 17.9. The summed E-state index contributed by atoms with van der Waals surface area (Å²) in [5.74, 6) is -0.986. The molecule has 2 rings (SSSR count). The van der Waals surface area contributed by atoms with Gasteiger partial charge in [-0.15, -0.1) is 0 Å². The first-order chi connectivity index (χ1) is 12.2. The Morgan fingerprint density at radius 1 is 1.28 bits per heavy atom. The van der Waals surface area contributed by atoms with Crippen molar-refractivity contribution < 1.29 is 18.7 Å². The Morgan fingerprint density at radius 2 is 2.16 bits per heavy atom. The lowest BCUT2D eigenvalue weighted by Gasteiger charge is -2.11. The number of carbonyl (C=O) groups is 1. The van der Waals surface area contributed by atoms with Gasteiger partial charge in [-0.25, -0.2) is 9.38 Å². The zero-order valence-electron chi connectivity index (χ0n) is 13.9. The fourth-order valence-corrected chi connectivity index (χ4v) is 1.92. The summed E-state index contributed by atoms with van der Waals surface area (Å²) in [7, 11) is 0. The van der Waals surface area contributed by atoms with Gasteiger partial charge in [0.05, 0.1) is 13.2 Å². The number of halogens is 1. The van der Waals surface area contributed by atoms with Crippen LogP contribution in [0.5, 0.6) is 0 Å². The van der Waals surface area contributed by atoms with Gasteiger partial charge < -0.3 is 9.47 Å². The van der Waals surface area contributed by atoms with Crippen molar-refractivity contribution in [1.29, 1.82) is 0 Å². The third kappa shape index (κ3) is 6.68. The number of amidine groups is 1. The van der Waals surface area contributed by atoms with Gasteiger partial charge in [0.1, 0.15) is 12.4 Å². The molecular weight excluding hydrogens is 325 g/mol. The normalized spacial score (nSPS) is 11.2. The van der Waals surface area contributed by atoms with Crippen molar-refractivity contribution in [3.63, 3.8) is 0 Å². The topological polar surface area (TPSA) is 72.8 Å². The van der Waals surface area contributed by atoms with Gasteiger partial charge in [0, 0.05) is 24.6 Å². The lowest BCUT2D eigenvalue weighted by Crippen LogP contribution is -2.33. The quantitative estimate of drug-likeness (QED) is 0.475. The van der Waals surface area contributed by atoms with Crippen LogP contribution < -0.4 is 5.32 Å². The number of amides is 1. The maximum atomic E-state index is 13.3. The van der Waals surface area contributed by atoms with E-state index in [1.165, 1.54) is 18.2 Å². The maximum Gasteiger partial charge on any atom is 0.292 e. The molecule has 0 radical (unpaired) electrons. The Morgan fingerprint density at radius 3 is 2.88 bits per heavy atom. The molecule has 25 heavy (non-hydrogen) atoms.